The van der Waals surface area contributed by atoms with E-state index in [1.165, 1.54) is 18.3 Å². The number of nitrogens with one attached hydrogen (secondary N) is 2. The van der Waals surface area contributed by atoms with Crippen molar-refractivity contribution in [2.24, 2.45) is 0 Å². The molecule has 0 radical (unpaired) electrons. The maximum absolute atomic E-state index is 11.7. The van der Waals surface area contributed by atoms with Crippen LogP contribution in [0.4, 0.5) is 4.79 Å². The minimum atomic E-state index is -1.01. The first kappa shape index (κ1) is 14.3. The number of hydrogen-bond donors (Lipinski definition) is 3. The average Bonchev–Trinajstić information content (AvgIpc) is 2.82. The summed E-state index contributed by atoms with van der Waals surface area (Å²) in [5.74, 6) is -1.01. The van der Waals surface area contributed by atoms with Gasteiger partial charge in [0.25, 0.3) is 0 Å². The summed E-state index contributed by atoms with van der Waals surface area (Å²) < 4.78 is 0. The van der Waals surface area contributed by atoms with Crippen molar-refractivity contribution in [2.45, 2.75) is 19.0 Å². The standard InChI is InChI=1S/C13H18N4O3/c1-17-5-3-10(8-17)16-13(20)15-7-11-6-9(12(18)19)2-4-14-11/h2,4,6,10H,3,5,7-8H2,1H3,(H,18,19)(H2,15,16,20). The second kappa shape index (κ2) is 6.33. The number of carbonyl (C=O) groups excluding carboxylic acids is 1. The van der Waals surface area contributed by atoms with E-state index in [0.717, 1.165) is 19.5 Å². The number of aromatic nitrogens is 1. The van der Waals surface area contributed by atoms with E-state index < -0.39 is 5.97 Å². The lowest BCUT2D eigenvalue weighted by molar-refractivity contribution is 0.0696. The summed E-state index contributed by atoms with van der Waals surface area (Å²) in [6, 6.07) is 2.78. The summed E-state index contributed by atoms with van der Waals surface area (Å²) in [7, 11) is 2.01. The van der Waals surface area contributed by atoms with Crippen molar-refractivity contribution < 1.29 is 14.7 Å². The van der Waals surface area contributed by atoms with Crippen molar-refractivity contribution in [1.29, 1.82) is 0 Å². The van der Waals surface area contributed by atoms with Crippen LogP contribution in [0.1, 0.15) is 22.5 Å². The van der Waals surface area contributed by atoms with E-state index >= 15 is 0 Å². The third-order valence-electron chi connectivity index (χ3n) is 3.22. The molecule has 0 saturated carbocycles. The lowest BCUT2D eigenvalue weighted by Gasteiger charge is -2.13. The molecule has 1 unspecified atom stereocenters. The molecule has 1 saturated heterocycles. The molecule has 1 aromatic rings. The molecule has 0 aromatic carbocycles. The molecule has 1 aliphatic heterocycles. The number of likely N-dealkylation sites (N-methyl/N-ethyl adjacent to an activating group) is 1. The highest BCUT2D eigenvalue weighted by Crippen LogP contribution is 2.06. The van der Waals surface area contributed by atoms with Crippen molar-refractivity contribution in [1.82, 2.24) is 20.5 Å². The SMILES string of the molecule is CN1CCC(NC(=O)NCc2cc(C(=O)O)ccn2)C1. The summed E-state index contributed by atoms with van der Waals surface area (Å²) in [6.45, 7) is 2.03. The molecule has 3 N–H and O–H groups in total. The van der Waals surface area contributed by atoms with Gasteiger partial charge in [0.2, 0.25) is 0 Å². The maximum atomic E-state index is 11.7. The largest absolute Gasteiger partial charge is 0.478 e. The highest BCUT2D eigenvalue weighted by atomic mass is 16.4. The molecule has 7 heteroatoms. The molecule has 1 atom stereocenters. The van der Waals surface area contributed by atoms with Gasteiger partial charge in [-0.05, 0) is 32.1 Å². The van der Waals surface area contributed by atoms with Crippen LogP contribution in [0.2, 0.25) is 0 Å². The Morgan fingerprint density at radius 3 is 3.00 bits per heavy atom. The first-order valence-corrected chi connectivity index (χ1v) is 6.45. The van der Waals surface area contributed by atoms with Gasteiger partial charge in [0.05, 0.1) is 17.8 Å². The van der Waals surface area contributed by atoms with Crippen LogP contribution in [0.25, 0.3) is 0 Å². The molecule has 0 bridgehead atoms. The number of aromatic carboxylic acids is 1. The number of carboxylic acids is 1. The van der Waals surface area contributed by atoms with Crippen LogP contribution in [0, 0.1) is 0 Å². The Kier molecular flexibility index (Phi) is 4.52. The summed E-state index contributed by atoms with van der Waals surface area (Å²) in [4.78, 5) is 28.7. The Bertz CT molecular complexity index is 506. The second-order valence-corrected chi connectivity index (χ2v) is 4.92. The van der Waals surface area contributed by atoms with E-state index in [4.69, 9.17) is 5.11 Å². The van der Waals surface area contributed by atoms with Gasteiger partial charge in [-0.1, -0.05) is 0 Å². The van der Waals surface area contributed by atoms with Crippen LogP contribution in [0.15, 0.2) is 18.3 Å². The van der Waals surface area contributed by atoms with Crippen molar-refractivity contribution in [2.75, 3.05) is 20.1 Å². The van der Waals surface area contributed by atoms with Gasteiger partial charge < -0.3 is 20.6 Å². The van der Waals surface area contributed by atoms with Crippen molar-refractivity contribution in [3.8, 4) is 0 Å². The summed E-state index contributed by atoms with van der Waals surface area (Å²) >= 11 is 0. The fraction of sp³-hybridized carbons (Fsp3) is 0.462. The fourth-order valence-electron chi connectivity index (χ4n) is 2.17. The number of likely N-dealkylation sites (tertiary alicyclic amines) is 1. The monoisotopic (exact) mass is 278 g/mol. The number of rotatable bonds is 4. The van der Waals surface area contributed by atoms with Crippen LogP contribution in [-0.2, 0) is 6.54 Å². The predicted molar refractivity (Wildman–Crippen MR) is 72.5 cm³/mol. The minimum Gasteiger partial charge on any atom is -0.478 e. The topological polar surface area (TPSA) is 94.6 Å². The van der Waals surface area contributed by atoms with Crippen LogP contribution in [0.3, 0.4) is 0 Å². The lowest BCUT2D eigenvalue weighted by atomic mass is 10.2. The molecular weight excluding hydrogens is 260 g/mol. The van der Waals surface area contributed by atoms with Crippen molar-refractivity contribution in [3.63, 3.8) is 0 Å². The maximum Gasteiger partial charge on any atom is 0.335 e. The zero-order chi connectivity index (χ0) is 14.5. The third kappa shape index (κ3) is 3.92. The zero-order valence-corrected chi connectivity index (χ0v) is 11.3. The van der Waals surface area contributed by atoms with Gasteiger partial charge >= 0.3 is 12.0 Å². The minimum absolute atomic E-state index is 0.162. The first-order valence-electron chi connectivity index (χ1n) is 6.45. The molecule has 20 heavy (non-hydrogen) atoms. The van der Waals surface area contributed by atoms with Gasteiger partial charge in [0.15, 0.2) is 0 Å². The molecule has 1 aromatic heterocycles. The second-order valence-electron chi connectivity index (χ2n) is 4.92. The van der Waals surface area contributed by atoms with Crippen LogP contribution in [-0.4, -0.2) is 53.2 Å². The number of carbonyl (C=O) groups is 2. The van der Waals surface area contributed by atoms with E-state index in [2.05, 4.69) is 20.5 Å². The van der Waals surface area contributed by atoms with E-state index in [1.807, 2.05) is 7.05 Å². The number of nitrogens with zero attached hydrogens (tertiary/aromatic N) is 2. The molecule has 1 aliphatic rings. The highest BCUT2D eigenvalue weighted by Gasteiger charge is 2.20. The van der Waals surface area contributed by atoms with Crippen LogP contribution in [0.5, 0.6) is 0 Å². The molecular formula is C13H18N4O3. The number of amides is 2. The molecule has 1 fully saturated rings. The number of pyridine rings is 1. The average molecular weight is 278 g/mol. The smallest absolute Gasteiger partial charge is 0.335 e. The summed E-state index contributed by atoms with van der Waals surface area (Å²) in [5, 5.41) is 14.4. The number of hydrogen-bond acceptors (Lipinski definition) is 4. The van der Waals surface area contributed by atoms with Crippen LogP contribution >= 0.6 is 0 Å². The van der Waals surface area contributed by atoms with Gasteiger partial charge in [-0.2, -0.15) is 0 Å². The van der Waals surface area contributed by atoms with Gasteiger partial charge in [0.1, 0.15) is 0 Å². The van der Waals surface area contributed by atoms with E-state index in [9.17, 15) is 9.59 Å². The Labute approximate surface area is 117 Å². The molecule has 0 aliphatic carbocycles. The van der Waals surface area contributed by atoms with Crippen LogP contribution < -0.4 is 10.6 Å². The van der Waals surface area contributed by atoms with Crippen molar-refractivity contribution >= 4 is 12.0 Å². The quantitative estimate of drug-likeness (QED) is 0.735. The highest BCUT2D eigenvalue weighted by molar-refractivity contribution is 5.87. The Morgan fingerprint density at radius 1 is 1.55 bits per heavy atom. The molecule has 2 heterocycles. The summed E-state index contributed by atoms with van der Waals surface area (Å²) in [6.07, 6.45) is 2.36. The van der Waals surface area contributed by atoms with E-state index in [-0.39, 0.29) is 24.2 Å². The lowest BCUT2D eigenvalue weighted by Crippen LogP contribution is -2.42. The van der Waals surface area contributed by atoms with Gasteiger partial charge in [-0.3, -0.25) is 4.98 Å². The zero-order valence-electron chi connectivity index (χ0n) is 11.3. The predicted octanol–water partition coefficient (Wildman–Crippen LogP) is 0.283. The van der Waals surface area contributed by atoms with E-state index in [1.54, 1.807) is 0 Å². The van der Waals surface area contributed by atoms with Gasteiger partial charge in [-0.15, -0.1) is 0 Å². The summed E-state index contributed by atoms with van der Waals surface area (Å²) in [5.41, 5.74) is 0.679. The molecule has 7 nitrogen and oxygen atoms in total. The van der Waals surface area contributed by atoms with Gasteiger partial charge in [-0.25, -0.2) is 9.59 Å². The van der Waals surface area contributed by atoms with E-state index in [0.29, 0.717) is 5.69 Å². The molecule has 2 amide bonds. The van der Waals surface area contributed by atoms with Crippen molar-refractivity contribution in [3.05, 3.63) is 29.6 Å². The Hall–Kier alpha value is -2.15. The number of carboxylic acid groups (broad SMARTS) is 1. The Balaban J connectivity index is 1.81. The molecule has 2 rings (SSSR count). The fourth-order valence-corrected chi connectivity index (χ4v) is 2.17. The van der Waals surface area contributed by atoms with Gasteiger partial charge in [0, 0.05) is 18.8 Å². The Morgan fingerprint density at radius 2 is 2.35 bits per heavy atom. The first-order chi connectivity index (χ1) is 9.54. The molecule has 108 valence electrons. The normalized spacial score (nSPS) is 18.8. The third-order valence-corrected chi connectivity index (χ3v) is 3.22. The number of urea groups is 1. The molecule has 0 spiro atoms.